The molecule has 0 radical (unpaired) electrons. The molecule has 1 atom stereocenters. The fraction of sp³-hybridized carbons (Fsp3) is 0.600. The molecule has 0 amide bonds. The highest BCUT2D eigenvalue weighted by molar-refractivity contribution is 5.20. The van der Waals surface area contributed by atoms with Crippen LogP contribution < -0.4 is 5.32 Å². The predicted octanol–water partition coefficient (Wildman–Crippen LogP) is 1.86. The van der Waals surface area contributed by atoms with Gasteiger partial charge in [-0.3, -0.25) is 4.90 Å². The first-order valence-electron chi connectivity index (χ1n) is 7.15. The molecule has 1 aliphatic rings. The second kappa shape index (κ2) is 7.11. The number of nitrogens with one attached hydrogen (secondary N) is 1. The average Bonchev–Trinajstić information content (AvgIpc) is 2.40. The van der Waals surface area contributed by atoms with E-state index in [1.54, 1.807) is 0 Å². The zero-order valence-corrected chi connectivity index (χ0v) is 12.2. The van der Waals surface area contributed by atoms with Gasteiger partial charge in [-0.1, -0.05) is 0 Å². The summed E-state index contributed by atoms with van der Waals surface area (Å²) in [5.41, 5.74) is 0.654. The molecule has 0 bridgehead atoms. The van der Waals surface area contributed by atoms with Crippen LogP contribution in [0, 0.1) is 11.6 Å². The molecule has 5 heteroatoms. The Kier molecular flexibility index (Phi) is 5.46. The maximum atomic E-state index is 13.2. The quantitative estimate of drug-likeness (QED) is 0.890. The van der Waals surface area contributed by atoms with Gasteiger partial charge in [0.1, 0.15) is 11.6 Å². The second-order valence-electron chi connectivity index (χ2n) is 5.52. The summed E-state index contributed by atoms with van der Waals surface area (Å²) in [6, 6.07) is 3.63. The molecule has 1 fully saturated rings. The van der Waals surface area contributed by atoms with Crippen molar-refractivity contribution in [1.29, 1.82) is 0 Å². The van der Waals surface area contributed by atoms with Gasteiger partial charge >= 0.3 is 0 Å². The van der Waals surface area contributed by atoms with Gasteiger partial charge in [-0.15, -0.1) is 0 Å². The van der Waals surface area contributed by atoms with E-state index in [1.807, 2.05) is 6.92 Å². The molecule has 0 saturated carbocycles. The second-order valence-corrected chi connectivity index (χ2v) is 5.52. The van der Waals surface area contributed by atoms with E-state index in [4.69, 9.17) is 0 Å². The Morgan fingerprint density at radius 3 is 2.30 bits per heavy atom. The molecule has 1 aliphatic heterocycles. The molecule has 1 aromatic carbocycles. The number of piperazine rings is 1. The van der Waals surface area contributed by atoms with E-state index in [0.29, 0.717) is 5.56 Å². The molecule has 0 spiro atoms. The number of benzene rings is 1. The third-order valence-corrected chi connectivity index (χ3v) is 3.86. The molecule has 1 N–H and O–H groups in total. The summed E-state index contributed by atoms with van der Waals surface area (Å²) in [4.78, 5) is 4.73. The van der Waals surface area contributed by atoms with Crippen LogP contribution in [0.4, 0.5) is 8.78 Å². The molecule has 1 heterocycles. The number of hydrogen-bond acceptors (Lipinski definition) is 3. The van der Waals surface area contributed by atoms with Gasteiger partial charge in [0, 0.05) is 51.4 Å². The van der Waals surface area contributed by atoms with Gasteiger partial charge in [0.25, 0.3) is 0 Å². The van der Waals surface area contributed by atoms with Crippen LogP contribution in [0.5, 0.6) is 0 Å². The lowest BCUT2D eigenvalue weighted by molar-refractivity contribution is 0.154. The van der Waals surface area contributed by atoms with Gasteiger partial charge in [0.2, 0.25) is 0 Å². The molecule has 0 aromatic heterocycles. The first-order chi connectivity index (χ1) is 9.54. The van der Waals surface area contributed by atoms with Gasteiger partial charge in [0.15, 0.2) is 0 Å². The topological polar surface area (TPSA) is 18.5 Å². The minimum atomic E-state index is -0.521. The van der Waals surface area contributed by atoms with Gasteiger partial charge in [0.05, 0.1) is 0 Å². The van der Waals surface area contributed by atoms with E-state index in [1.165, 1.54) is 12.1 Å². The van der Waals surface area contributed by atoms with Crippen molar-refractivity contribution in [1.82, 2.24) is 15.1 Å². The number of likely N-dealkylation sites (N-methyl/N-ethyl adjacent to an activating group) is 1. The van der Waals surface area contributed by atoms with E-state index in [2.05, 4.69) is 22.2 Å². The van der Waals surface area contributed by atoms with Gasteiger partial charge in [-0.05, 0) is 31.7 Å². The maximum Gasteiger partial charge on any atom is 0.126 e. The number of hydrogen-bond donors (Lipinski definition) is 1. The average molecular weight is 283 g/mol. The zero-order chi connectivity index (χ0) is 14.5. The summed E-state index contributed by atoms with van der Waals surface area (Å²) < 4.78 is 26.3. The monoisotopic (exact) mass is 283 g/mol. The molecule has 0 aliphatic carbocycles. The molecule has 1 saturated heterocycles. The molecular formula is C15H23F2N3. The maximum absolute atomic E-state index is 13.2. The Labute approximate surface area is 119 Å². The number of nitrogens with zero attached hydrogens (tertiary/aromatic N) is 2. The first-order valence-corrected chi connectivity index (χ1v) is 7.15. The van der Waals surface area contributed by atoms with Crippen LogP contribution >= 0.6 is 0 Å². The van der Waals surface area contributed by atoms with Crippen molar-refractivity contribution < 1.29 is 8.78 Å². The Bertz CT molecular complexity index is 411. The van der Waals surface area contributed by atoms with E-state index >= 15 is 0 Å². The third-order valence-electron chi connectivity index (χ3n) is 3.86. The Morgan fingerprint density at radius 2 is 1.70 bits per heavy atom. The van der Waals surface area contributed by atoms with E-state index in [0.717, 1.165) is 45.3 Å². The standard InChI is InChI=1S/C15H23F2N3/c1-12(13-9-14(16)11-15(17)10-13)18-3-4-20-7-5-19(2)6-8-20/h9-12,18H,3-8H2,1-2H3. The van der Waals surface area contributed by atoms with Gasteiger partial charge < -0.3 is 10.2 Å². The van der Waals surface area contributed by atoms with Crippen LogP contribution in [0.2, 0.25) is 0 Å². The molecule has 20 heavy (non-hydrogen) atoms. The fourth-order valence-electron chi connectivity index (χ4n) is 2.45. The fourth-order valence-corrected chi connectivity index (χ4v) is 2.45. The lowest BCUT2D eigenvalue weighted by Gasteiger charge is -2.32. The van der Waals surface area contributed by atoms with Crippen molar-refractivity contribution in [2.24, 2.45) is 0 Å². The highest BCUT2D eigenvalue weighted by Crippen LogP contribution is 2.15. The van der Waals surface area contributed by atoms with Crippen molar-refractivity contribution in [2.45, 2.75) is 13.0 Å². The molecule has 1 aromatic rings. The summed E-state index contributed by atoms with van der Waals surface area (Å²) >= 11 is 0. The first kappa shape index (κ1) is 15.4. The summed E-state index contributed by atoms with van der Waals surface area (Å²) in [6.07, 6.45) is 0. The predicted molar refractivity (Wildman–Crippen MR) is 76.7 cm³/mol. The van der Waals surface area contributed by atoms with E-state index < -0.39 is 11.6 Å². The third kappa shape index (κ3) is 4.51. The van der Waals surface area contributed by atoms with Crippen LogP contribution in [0.3, 0.4) is 0 Å². The minimum absolute atomic E-state index is 0.0485. The number of halogens is 2. The highest BCUT2D eigenvalue weighted by atomic mass is 19.1. The Hall–Kier alpha value is -1.04. The molecule has 2 rings (SSSR count). The van der Waals surface area contributed by atoms with Crippen molar-refractivity contribution in [3.8, 4) is 0 Å². The summed E-state index contributed by atoms with van der Waals surface area (Å²) in [5.74, 6) is -1.04. The van der Waals surface area contributed by atoms with E-state index in [-0.39, 0.29) is 6.04 Å². The molecule has 1 unspecified atom stereocenters. The smallest absolute Gasteiger partial charge is 0.126 e. The highest BCUT2D eigenvalue weighted by Gasteiger charge is 2.14. The molecular weight excluding hydrogens is 260 g/mol. The summed E-state index contributed by atoms with van der Waals surface area (Å²) in [7, 11) is 2.14. The summed E-state index contributed by atoms with van der Waals surface area (Å²) in [5, 5.41) is 3.32. The largest absolute Gasteiger partial charge is 0.309 e. The SMILES string of the molecule is CC(NCCN1CCN(C)CC1)c1cc(F)cc(F)c1. The van der Waals surface area contributed by atoms with Crippen LogP contribution in [-0.4, -0.2) is 56.1 Å². The van der Waals surface area contributed by atoms with Crippen LogP contribution in [0.1, 0.15) is 18.5 Å². The molecule has 112 valence electrons. The minimum Gasteiger partial charge on any atom is -0.309 e. The van der Waals surface area contributed by atoms with Crippen molar-refractivity contribution >= 4 is 0 Å². The zero-order valence-electron chi connectivity index (χ0n) is 12.2. The van der Waals surface area contributed by atoms with Crippen LogP contribution in [0.25, 0.3) is 0 Å². The molecule has 3 nitrogen and oxygen atoms in total. The number of rotatable bonds is 5. The van der Waals surface area contributed by atoms with Crippen LogP contribution in [0.15, 0.2) is 18.2 Å². The Balaban J connectivity index is 1.76. The van der Waals surface area contributed by atoms with Crippen molar-refractivity contribution in [3.05, 3.63) is 35.4 Å². The lowest BCUT2D eigenvalue weighted by atomic mass is 10.1. The van der Waals surface area contributed by atoms with E-state index in [9.17, 15) is 8.78 Å². The Morgan fingerprint density at radius 1 is 1.10 bits per heavy atom. The lowest BCUT2D eigenvalue weighted by Crippen LogP contribution is -2.46. The van der Waals surface area contributed by atoms with Gasteiger partial charge in [-0.2, -0.15) is 0 Å². The van der Waals surface area contributed by atoms with Crippen molar-refractivity contribution in [2.75, 3.05) is 46.3 Å². The van der Waals surface area contributed by atoms with Crippen molar-refractivity contribution in [3.63, 3.8) is 0 Å². The van der Waals surface area contributed by atoms with Crippen LogP contribution in [-0.2, 0) is 0 Å². The van der Waals surface area contributed by atoms with Gasteiger partial charge in [-0.25, -0.2) is 8.78 Å². The summed E-state index contributed by atoms with van der Waals surface area (Å²) in [6.45, 7) is 8.09. The normalized spacial score (nSPS) is 19.2.